The minimum Gasteiger partial charge on any atom is -0.392 e. The zero-order valence-electron chi connectivity index (χ0n) is 11.8. The molecule has 2 heteroatoms. The lowest BCUT2D eigenvalue weighted by Crippen LogP contribution is -1.80. The number of benzene rings is 3. The van der Waals surface area contributed by atoms with Crippen molar-refractivity contribution in [2.75, 3.05) is 6.35 Å². The molecule has 0 aliphatic carbocycles. The first-order valence-corrected chi connectivity index (χ1v) is 7.68. The third-order valence-corrected chi connectivity index (χ3v) is 3.08. The Kier molecular flexibility index (Phi) is 6.15. The van der Waals surface area contributed by atoms with Gasteiger partial charge >= 0.3 is 0 Å². The van der Waals surface area contributed by atoms with Crippen molar-refractivity contribution in [1.82, 2.24) is 0 Å². The molecule has 0 bridgehead atoms. The van der Waals surface area contributed by atoms with Gasteiger partial charge in [-0.2, -0.15) is 0 Å². The number of aliphatic hydroxyl groups excluding tert-OH is 1. The summed E-state index contributed by atoms with van der Waals surface area (Å²) < 4.78 is 0. The molecule has 0 saturated carbocycles. The van der Waals surface area contributed by atoms with Crippen LogP contribution in [0.1, 0.15) is 0 Å². The van der Waals surface area contributed by atoms with E-state index >= 15 is 0 Å². The Morgan fingerprint density at radius 1 is 0.571 bits per heavy atom. The molecule has 0 fully saturated rings. The summed E-state index contributed by atoms with van der Waals surface area (Å²) in [5, 5.41) is 7.53. The van der Waals surface area contributed by atoms with E-state index in [9.17, 15) is 0 Å². The molecule has 1 N–H and O–H groups in total. The average molecular weight is 294 g/mol. The Bertz CT molecular complexity index is 596. The lowest BCUT2D eigenvalue weighted by atomic mass is 9.99. The first kappa shape index (κ1) is 15.4. The summed E-state index contributed by atoms with van der Waals surface area (Å²) in [4.78, 5) is 0. The third-order valence-electron chi connectivity index (χ3n) is 3.08. The van der Waals surface area contributed by atoms with Gasteiger partial charge in [-0.25, -0.2) is 0 Å². The van der Waals surface area contributed by atoms with E-state index < -0.39 is 0 Å². The first-order chi connectivity index (χ1) is 10.3. The van der Waals surface area contributed by atoms with Crippen LogP contribution in [0.3, 0.4) is 0 Å². The van der Waals surface area contributed by atoms with Gasteiger partial charge in [0.05, 0.1) is 6.35 Å². The Hall–Kier alpha value is -1.95. The summed E-state index contributed by atoms with van der Waals surface area (Å²) in [6, 6.07) is 29.6. The van der Waals surface area contributed by atoms with E-state index in [0.29, 0.717) is 0 Å². The predicted molar refractivity (Wildman–Crippen MR) is 94.1 cm³/mol. The fourth-order valence-electron chi connectivity index (χ4n) is 2.14. The van der Waals surface area contributed by atoms with Crippen molar-refractivity contribution in [1.29, 1.82) is 0 Å². The molecule has 0 aliphatic rings. The number of aliphatic hydroxyl groups is 1. The van der Waals surface area contributed by atoms with E-state index in [1.165, 1.54) is 22.3 Å². The van der Waals surface area contributed by atoms with Crippen LogP contribution in [-0.2, 0) is 0 Å². The van der Waals surface area contributed by atoms with Crippen LogP contribution in [0.2, 0.25) is 0 Å². The van der Waals surface area contributed by atoms with Crippen molar-refractivity contribution in [2.45, 2.75) is 0 Å². The maximum Gasteiger partial charge on any atom is 0.0567 e. The van der Waals surface area contributed by atoms with Gasteiger partial charge in [-0.1, -0.05) is 78.9 Å². The Balaban J connectivity index is 0.000000497. The maximum absolute atomic E-state index is 7.53. The lowest BCUT2D eigenvalue weighted by Gasteiger charge is -2.05. The average Bonchev–Trinajstić information content (AvgIpc) is 2.57. The van der Waals surface area contributed by atoms with Gasteiger partial charge in [0.25, 0.3) is 0 Å². The SMILES string of the molecule is OCP.c1ccc(-c2cccc(-c3ccccc3)c2)cc1. The molecular weight excluding hydrogens is 275 g/mol. The van der Waals surface area contributed by atoms with Crippen molar-refractivity contribution in [3.8, 4) is 22.3 Å². The Morgan fingerprint density at radius 3 is 1.29 bits per heavy atom. The normalized spacial score (nSPS) is 9.62. The maximum atomic E-state index is 7.53. The molecule has 0 spiro atoms. The summed E-state index contributed by atoms with van der Waals surface area (Å²) in [6.07, 6.45) is 0.167. The van der Waals surface area contributed by atoms with Crippen LogP contribution in [0, 0.1) is 0 Å². The first-order valence-electron chi connectivity index (χ1n) is 6.87. The molecule has 1 atom stereocenters. The van der Waals surface area contributed by atoms with Crippen LogP contribution < -0.4 is 0 Å². The van der Waals surface area contributed by atoms with Crippen LogP contribution in [0.5, 0.6) is 0 Å². The quantitative estimate of drug-likeness (QED) is 0.671. The van der Waals surface area contributed by atoms with Crippen molar-refractivity contribution in [2.24, 2.45) is 0 Å². The van der Waals surface area contributed by atoms with Crippen molar-refractivity contribution in [3.63, 3.8) is 0 Å². The zero-order valence-corrected chi connectivity index (χ0v) is 13.0. The third kappa shape index (κ3) is 4.53. The van der Waals surface area contributed by atoms with Crippen LogP contribution in [-0.4, -0.2) is 11.5 Å². The fourth-order valence-corrected chi connectivity index (χ4v) is 2.14. The molecule has 21 heavy (non-hydrogen) atoms. The summed E-state index contributed by atoms with van der Waals surface area (Å²) >= 11 is 0. The number of hydrogen-bond donors (Lipinski definition) is 1. The van der Waals surface area contributed by atoms with Crippen molar-refractivity contribution < 1.29 is 5.11 Å². The Morgan fingerprint density at radius 2 is 0.905 bits per heavy atom. The highest BCUT2D eigenvalue weighted by molar-refractivity contribution is 7.16. The van der Waals surface area contributed by atoms with E-state index in [-0.39, 0.29) is 6.35 Å². The van der Waals surface area contributed by atoms with Crippen LogP contribution >= 0.6 is 9.24 Å². The zero-order chi connectivity index (χ0) is 14.9. The second-order valence-electron chi connectivity index (χ2n) is 4.50. The molecule has 0 aliphatic heterocycles. The van der Waals surface area contributed by atoms with Gasteiger partial charge in [-0.15, -0.1) is 9.24 Å². The lowest BCUT2D eigenvalue weighted by molar-refractivity contribution is 0.375. The molecule has 3 aromatic carbocycles. The molecule has 0 saturated heterocycles. The van der Waals surface area contributed by atoms with Crippen molar-refractivity contribution >= 4 is 9.24 Å². The fraction of sp³-hybridized carbons (Fsp3) is 0.0526. The highest BCUT2D eigenvalue weighted by Gasteiger charge is 2.00. The van der Waals surface area contributed by atoms with E-state index in [1.54, 1.807) is 0 Å². The van der Waals surface area contributed by atoms with E-state index in [4.69, 9.17) is 5.11 Å². The Labute approximate surface area is 128 Å². The molecule has 0 aromatic heterocycles. The second-order valence-corrected chi connectivity index (χ2v) is 4.86. The largest absolute Gasteiger partial charge is 0.392 e. The summed E-state index contributed by atoms with van der Waals surface area (Å²) in [5.41, 5.74) is 5.04. The van der Waals surface area contributed by atoms with Gasteiger partial charge in [0.1, 0.15) is 0 Å². The standard InChI is InChI=1S/C18H14.CH5OP/c1-3-8-15(9-4-1)17-12-7-13-18(14-17)16-10-5-2-6-11-16;2-1-3/h1-14H;2H,1,3H2. The van der Waals surface area contributed by atoms with Gasteiger partial charge in [0.15, 0.2) is 0 Å². The molecule has 106 valence electrons. The summed E-state index contributed by atoms with van der Waals surface area (Å²) in [5.74, 6) is 0. The van der Waals surface area contributed by atoms with E-state index in [2.05, 4.69) is 82.0 Å². The van der Waals surface area contributed by atoms with Crippen LogP contribution in [0.15, 0.2) is 84.9 Å². The minimum atomic E-state index is 0.167. The predicted octanol–water partition coefficient (Wildman–Crippen LogP) is 4.83. The molecule has 0 heterocycles. The van der Waals surface area contributed by atoms with E-state index in [1.807, 2.05) is 12.1 Å². The molecule has 1 nitrogen and oxygen atoms in total. The molecular formula is C19H19OP. The molecule has 0 amide bonds. The number of rotatable bonds is 2. The minimum absolute atomic E-state index is 0.167. The van der Waals surface area contributed by atoms with Gasteiger partial charge in [0, 0.05) is 0 Å². The summed E-state index contributed by atoms with van der Waals surface area (Å²) in [7, 11) is 2.13. The molecule has 1 unspecified atom stereocenters. The monoisotopic (exact) mass is 294 g/mol. The second kappa shape index (κ2) is 8.36. The van der Waals surface area contributed by atoms with Crippen LogP contribution in [0.4, 0.5) is 0 Å². The summed E-state index contributed by atoms with van der Waals surface area (Å²) in [6.45, 7) is 0. The number of hydrogen-bond acceptors (Lipinski definition) is 1. The van der Waals surface area contributed by atoms with Crippen molar-refractivity contribution in [3.05, 3.63) is 84.9 Å². The van der Waals surface area contributed by atoms with Gasteiger partial charge in [0.2, 0.25) is 0 Å². The van der Waals surface area contributed by atoms with Gasteiger partial charge in [-0.05, 0) is 28.3 Å². The highest BCUT2D eigenvalue weighted by atomic mass is 31.0. The molecule has 0 radical (unpaired) electrons. The highest BCUT2D eigenvalue weighted by Crippen LogP contribution is 2.25. The molecule has 3 rings (SSSR count). The molecule has 3 aromatic rings. The van der Waals surface area contributed by atoms with Gasteiger partial charge < -0.3 is 5.11 Å². The smallest absolute Gasteiger partial charge is 0.0567 e. The van der Waals surface area contributed by atoms with E-state index in [0.717, 1.165) is 0 Å². The van der Waals surface area contributed by atoms with Crippen LogP contribution in [0.25, 0.3) is 22.3 Å². The topological polar surface area (TPSA) is 20.2 Å². The van der Waals surface area contributed by atoms with Gasteiger partial charge in [-0.3, -0.25) is 0 Å².